The molecule has 0 aromatic heterocycles. The fourth-order valence-electron chi connectivity index (χ4n) is 2.53. The fourth-order valence-corrected chi connectivity index (χ4v) is 2.53. The van der Waals surface area contributed by atoms with Gasteiger partial charge in [0, 0.05) is 24.7 Å². The molecule has 0 aliphatic carbocycles. The van der Waals surface area contributed by atoms with Crippen molar-refractivity contribution in [3.63, 3.8) is 0 Å². The van der Waals surface area contributed by atoms with E-state index in [1.54, 1.807) is 12.1 Å². The van der Waals surface area contributed by atoms with Crippen LogP contribution in [-0.2, 0) is 0 Å². The average Bonchev–Trinajstić information content (AvgIpc) is 2.26. The van der Waals surface area contributed by atoms with Gasteiger partial charge in [-0.25, -0.2) is 4.39 Å². The third-order valence-electron chi connectivity index (χ3n) is 3.22. The van der Waals surface area contributed by atoms with Gasteiger partial charge in [0.25, 0.3) is 0 Å². The van der Waals surface area contributed by atoms with Crippen LogP contribution in [0.15, 0.2) is 24.3 Å². The van der Waals surface area contributed by atoms with E-state index >= 15 is 0 Å². The van der Waals surface area contributed by atoms with Crippen molar-refractivity contribution < 1.29 is 4.39 Å². The van der Waals surface area contributed by atoms with Crippen LogP contribution in [-0.4, -0.2) is 25.0 Å². The van der Waals surface area contributed by atoms with Crippen molar-refractivity contribution in [3.8, 4) is 0 Å². The molecule has 2 N–H and O–H groups in total. The molecular weight excluding hydrogens is 239 g/mol. The van der Waals surface area contributed by atoms with Crippen LogP contribution in [0.4, 0.5) is 4.39 Å². The van der Waals surface area contributed by atoms with Crippen molar-refractivity contribution >= 4 is 0 Å². The first-order valence-corrected chi connectivity index (χ1v) is 6.89. The Kier molecular flexibility index (Phi) is 5.50. The Morgan fingerprint density at radius 2 is 1.84 bits per heavy atom. The van der Waals surface area contributed by atoms with Crippen LogP contribution < -0.4 is 5.73 Å². The van der Waals surface area contributed by atoms with Crippen LogP contribution in [0.1, 0.15) is 39.3 Å². The zero-order chi connectivity index (χ0) is 14.6. The monoisotopic (exact) mass is 266 g/mol. The van der Waals surface area contributed by atoms with E-state index < -0.39 is 0 Å². The molecule has 0 saturated heterocycles. The van der Waals surface area contributed by atoms with Crippen molar-refractivity contribution in [2.45, 2.75) is 33.7 Å². The molecule has 19 heavy (non-hydrogen) atoms. The molecule has 2 atom stereocenters. The molecule has 2 unspecified atom stereocenters. The largest absolute Gasteiger partial charge is 0.324 e. The molecule has 108 valence electrons. The minimum atomic E-state index is -0.261. The summed E-state index contributed by atoms with van der Waals surface area (Å²) in [4.78, 5) is 2.27. The first kappa shape index (κ1) is 16.1. The van der Waals surface area contributed by atoms with Crippen LogP contribution in [0.25, 0.3) is 0 Å². The predicted octanol–water partition coefficient (Wildman–Crippen LogP) is 3.44. The molecule has 0 bridgehead atoms. The zero-order valence-electron chi connectivity index (χ0n) is 12.8. The molecule has 0 radical (unpaired) electrons. The second-order valence-electron chi connectivity index (χ2n) is 6.78. The smallest absolute Gasteiger partial charge is 0.127 e. The van der Waals surface area contributed by atoms with E-state index in [-0.39, 0.29) is 23.2 Å². The summed E-state index contributed by atoms with van der Waals surface area (Å²) in [5.41, 5.74) is 7.06. The molecule has 0 saturated carbocycles. The molecule has 0 heterocycles. The summed E-state index contributed by atoms with van der Waals surface area (Å²) in [7, 11) is 2.09. The standard InChI is InChI=1S/C16H27FN2/c1-12(10-19(5)11-16(2,3)4)15(18)13-8-6-7-9-14(13)17/h6-9,12,15H,10-11,18H2,1-5H3. The zero-order valence-corrected chi connectivity index (χ0v) is 12.8. The maximum absolute atomic E-state index is 13.7. The molecule has 1 rings (SSSR count). The molecule has 2 nitrogen and oxygen atoms in total. The lowest BCUT2D eigenvalue weighted by Crippen LogP contribution is -2.36. The third-order valence-corrected chi connectivity index (χ3v) is 3.22. The maximum atomic E-state index is 13.7. The van der Waals surface area contributed by atoms with Crippen molar-refractivity contribution in [1.29, 1.82) is 0 Å². The second kappa shape index (κ2) is 6.49. The van der Waals surface area contributed by atoms with Crippen LogP contribution in [0, 0.1) is 17.2 Å². The summed E-state index contributed by atoms with van der Waals surface area (Å²) < 4.78 is 13.7. The Hall–Kier alpha value is -0.930. The highest BCUT2D eigenvalue weighted by Crippen LogP contribution is 2.23. The maximum Gasteiger partial charge on any atom is 0.127 e. The Balaban J connectivity index is 2.63. The van der Waals surface area contributed by atoms with Gasteiger partial charge in [0.2, 0.25) is 0 Å². The van der Waals surface area contributed by atoms with E-state index in [9.17, 15) is 4.39 Å². The second-order valence-corrected chi connectivity index (χ2v) is 6.78. The summed E-state index contributed by atoms with van der Waals surface area (Å²) in [6.07, 6.45) is 0. The van der Waals surface area contributed by atoms with Crippen LogP contribution >= 0.6 is 0 Å². The Morgan fingerprint density at radius 3 is 2.37 bits per heavy atom. The number of halogens is 1. The minimum absolute atomic E-state index is 0.208. The van der Waals surface area contributed by atoms with Crippen LogP contribution in [0.5, 0.6) is 0 Å². The van der Waals surface area contributed by atoms with Crippen molar-refractivity contribution in [2.75, 3.05) is 20.1 Å². The van der Waals surface area contributed by atoms with E-state index in [0.717, 1.165) is 13.1 Å². The van der Waals surface area contributed by atoms with Crippen molar-refractivity contribution in [3.05, 3.63) is 35.6 Å². The lowest BCUT2D eigenvalue weighted by molar-refractivity contribution is 0.194. The van der Waals surface area contributed by atoms with E-state index in [0.29, 0.717) is 5.56 Å². The van der Waals surface area contributed by atoms with E-state index in [2.05, 4.69) is 39.6 Å². The molecule has 0 aliphatic heterocycles. The lowest BCUT2D eigenvalue weighted by Gasteiger charge is -2.30. The molecule has 0 fully saturated rings. The molecule has 3 heteroatoms. The molecule has 0 amide bonds. The Bertz CT molecular complexity index is 398. The lowest BCUT2D eigenvalue weighted by atomic mass is 9.92. The normalized spacial score (nSPS) is 15.6. The van der Waals surface area contributed by atoms with Gasteiger partial charge in [-0.3, -0.25) is 0 Å². The van der Waals surface area contributed by atoms with E-state index in [1.807, 2.05) is 6.07 Å². The van der Waals surface area contributed by atoms with Gasteiger partial charge in [0.15, 0.2) is 0 Å². The van der Waals surface area contributed by atoms with Crippen LogP contribution in [0.3, 0.4) is 0 Å². The topological polar surface area (TPSA) is 29.3 Å². The van der Waals surface area contributed by atoms with Crippen LogP contribution in [0.2, 0.25) is 0 Å². The highest BCUT2D eigenvalue weighted by Gasteiger charge is 2.21. The van der Waals surface area contributed by atoms with E-state index in [1.165, 1.54) is 6.07 Å². The minimum Gasteiger partial charge on any atom is -0.324 e. The molecule has 0 spiro atoms. The van der Waals surface area contributed by atoms with Crippen molar-refractivity contribution in [1.82, 2.24) is 4.90 Å². The van der Waals surface area contributed by atoms with E-state index in [4.69, 9.17) is 5.73 Å². The number of hydrogen-bond acceptors (Lipinski definition) is 2. The van der Waals surface area contributed by atoms with Gasteiger partial charge in [-0.15, -0.1) is 0 Å². The summed E-state index contributed by atoms with van der Waals surface area (Å²) in [5.74, 6) is 0.00424. The SMILES string of the molecule is CC(CN(C)CC(C)(C)C)C(N)c1ccccc1F. The summed E-state index contributed by atoms with van der Waals surface area (Å²) >= 11 is 0. The van der Waals surface area contributed by atoms with Gasteiger partial charge >= 0.3 is 0 Å². The number of hydrogen-bond donors (Lipinski definition) is 1. The first-order chi connectivity index (χ1) is 8.70. The number of nitrogens with zero attached hydrogens (tertiary/aromatic N) is 1. The summed E-state index contributed by atoms with van der Waals surface area (Å²) in [5, 5.41) is 0. The fraction of sp³-hybridized carbons (Fsp3) is 0.625. The van der Waals surface area contributed by atoms with Gasteiger partial charge in [-0.1, -0.05) is 45.9 Å². The number of nitrogens with two attached hydrogens (primary N) is 1. The average molecular weight is 266 g/mol. The summed E-state index contributed by atoms with van der Waals surface area (Å²) in [6.45, 7) is 10.6. The van der Waals surface area contributed by atoms with Crippen molar-refractivity contribution in [2.24, 2.45) is 17.1 Å². The Morgan fingerprint density at radius 1 is 1.26 bits per heavy atom. The van der Waals surface area contributed by atoms with Gasteiger partial charge < -0.3 is 10.6 Å². The Labute approximate surface area is 116 Å². The molecular formula is C16H27FN2. The summed E-state index contributed by atoms with van der Waals surface area (Å²) in [6, 6.07) is 6.52. The van der Waals surface area contributed by atoms with Gasteiger partial charge in [0.1, 0.15) is 5.82 Å². The van der Waals surface area contributed by atoms with Gasteiger partial charge in [0.05, 0.1) is 0 Å². The third kappa shape index (κ3) is 5.29. The molecule has 1 aromatic rings. The quantitative estimate of drug-likeness (QED) is 0.884. The van der Waals surface area contributed by atoms with Gasteiger partial charge in [-0.2, -0.15) is 0 Å². The molecule has 1 aromatic carbocycles. The molecule has 0 aliphatic rings. The van der Waals surface area contributed by atoms with Gasteiger partial charge in [-0.05, 0) is 24.4 Å². The highest BCUT2D eigenvalue weighted by atomic mass is 19.1. The number of benzene rings is 1. The predicted molar refractivity (Wildman–Crippen MR) is 79.4 cm³/mol. The first-order valence-electron chi connectivity index (χ1n) is 6.89. The highest BCUT2D eigenvalue weighted by molar-refractivity contribution is 5.21. The number of rotatable bonds is 5.